The Labute approximate surface area is 110 Å². The highest BCUT2D eigenvalue weighted by molar-refractivity contribution is 6.17. The fourth-order valence-electron chi connectivity index (χ4n) is 1.69. The van der Waals surface area contributed by atoms with Gasteiger partial charge >= 0.3 is 0 Å². The van der Waals surface area contributed by atoms with Crippen molar-refractivity contribution in [3.8, 4) is 0 Å². The first kappa shape index (κ1) is 14.9. The summed E-state index contributed by atoms with van der Waals surface area (Å²) < 4.78 is 26.9. The number of nitrogens with one attached hydrogen (secondary N) is 1. The van der Waals surface area contributed by atoms with Gasteiger partial charge < -0.3 is 5.32 Å². The van der Waals surface area contributed by atoms with Gasteiger partial charge in [0, 0.05) is 17.9 Å². The zero-order chi connectivity index (χ0) is 13.5. The molecule has 1 amide bonds. The van der Waals surface area contributed by atoms with Crippen LogP contribution in [0.1, 0.15) is 37.8 Å². The van der Waals surface area contributed by atoms with Crippen LogP contribution >= 0.6 is 11.6 Å². The molecule has 0 bridgehead atoms. The Bertz CT molecular complexity index is 392. The Balaban J connectivity index is 2.59. The van der Waals surface area contributed by atoms with Gasteiger partial charge in [-0.15, -0.1) is 11.6 Å². The summed E-state index contributed by atoms with van der Waals surface area (Å²) in [6, 6.07) is 2.96. The van der Waals surface area contributed by atoms with Crippen molar-refractivity contribution in [3.63, 3.8) is 0 Å². The molecule has 1 atom stereocenters. The highest BCUT2D eigenvalue weighted by atomic mass is 35.5. The van der Waals surface area contributed by atoms with E-state index in [4.69, 9.17) is 11.6 Å². The molecule has 0 fully saturated rings. The van der Waals surface area contributed by atoms with E-state index in [0.717, 1.165) is 6.42 Å². The lowest BCUT2D eigenvalue weighted by Crippen LogP contribution is -2.27. The molecule has 0 heterocycles. The van der Waals surface area contributed by atoms with E-state index in [0.29, 0.717) is 18.7 Å². The van der Waals surface area contributed by atoms with E-state index in [1.807, 2.05) is 0 Å². The molecule has 0 spiro atoms. The maximum absolute atomic E-state index is 13.4. The van der Waals surface area contributed by atoms with Gasteiger partial charge in [0.05, 0.1) is 6.04 Å². The summed E-state index contributed by atoms with van der Waals surface area (Å²) in [5.74, 6) is -1.02. The van der Waals surface area contributed by atoms with Crippen molar-refractivity contribution in [2.75, 3.05) is 5.88 Å². The van der Waals surface area contributed by atoms with Gasteiger partial charge in [-0.3, -0.25) is 4.79 Å². The van der Waals surface area contributed by atoms with Crippen molar-refractivity contribution < 1.29 is 13.6 Å². The minimum atomic E-state index is -0.685. The predicted octanol–water partition coefficient (Wildman–Crippen LogP) is 3.55. The summed E-state index contributed by atoms with van der Waals surface area (Å²) in [7, 11) is 0. The van der Waals surface area contributed by atoms with Crippen LogP contribution < -0.4 is 5.32 Å². The number of carbonyl (C=O) groups excluding carboxylic acids is 1. The Kier molecular flexibility index (Phi) is 6.05. The first-order chi connectivity index (χ1) is 8.56. The molecule has 1 rings (SSSR count). The molecule has 1 unspecified atom stereocenters. The normalized spacial score (nSPS) is 12.2. The summed E-state index contributed by atoms with van der Waals surface area (Å²) in [6.45, 7) is 1.56. The van der Waals surface area contributed by atoms with E-state index in [-0.39, 0.29) is 11.5 Å². The smallest absolute Gasteiger partial charge is 0.220 e. The Morgan fingerprint density at radius 2 is 1.94 bits per heavy atom. The quantitative estimate of drug-likeness (QED) is 0.624. The van der Waals surface area contributed by atoms with Crippen LogP contribution in [0, 0.1) is 11.6 Å². The Morgan fingerprint density at radius 3 is 2.50 bits per heavy atom. The zero-order valence-corrected chi connectivity index (χ0v) is 10.9. The molecule has 5 heteroatoms. The summed E-state index contributed by atoms with van der Waals surface area (Å²) in [6.07, 6.45) is 1.73. The van der Waals surface area contributed by atoms with Crippen LogP contribution in [0.2, 0.25) is 0 Å². The number of halogens is 3. The Morgan fingerprint density at radius 1 is 1.33 bits per heavy atom. The maximum Gasteiger partial charge on any atom is 0.220 e. The minimum Gasteiger partial charge on any atom is -0.349 e. The fourth-order valence-corrected chi connectivity index (χ4v) is 1.88. The monoisotopic (exact) mass is 275 g/mol. The lowest BCUT2D eigenvalue weighted by Gasteiger charge is -2.15. The van der Waals surface area contributed by atoms with Crippen LogP contribution in [0.15, 0.2) is 18.2 Å². The average Bonchev–Trinajstić information content (AvgIpc) is 2.29. The lowest BCUT2D eigenvalue weighted by molar-refractivity contribution is -0.121. The van der Waals surface area contributed by atoms with E-state index in [2.05, 4.69) is 5.32 Å². The van der Waals surface area contributed by atoms with Crippen LogP contribution in [0.3, 0.4) is 0 Å². The van der Waals surface area contributed by atoms with Gasteiger partial charge in [0.25, 0.3) is 0 Å². The molecular weight excluding hydrogens is 260 g/mol. The van der Waals surface area contributed by atoms with Gasteiger partial charge in [-0.05, 0) is 31.9 Å². The SMILES string of the molecule is CC(NC(=O)CCCCCl)c1c(F)cccc1F. The second kappa shape index (κ2) is 7.31. The van der Waals surface area contributed by atoms with E-state index < -0.39 is 17.7 Å². The molecule has 1 aromatic carbocycles. The maximum atomic E-state index is 13.4. The lowest BCUT2D eigenvalue weighted by atomic mass is 10.1. The zero-order valence-electron chi connectivity index (χ0n) is 10.2. The molecule has 2 nitrogen and oxygen atoms in total. The third-order valence-corrected chi connectivity index (χ3v) is 2.86. The number of unbranched alkanes of at least 4 members (excludes halogenated alkanes) is 1. The van der Waals surface area contributed by atoms with Gasteiger partial charge in [0.15, 0.2) is 0 Å². The molecule has 1 N–H and O–H groups in total. The van der Waals surface area contributed by atoms with Gasteiger partial charge in [-0.25, -0.2) is 8.78 Å². The molecule has 0 aliphatic heterocycles. The topological polar surface area (TPSA) is 29.1 Å². The van der Waals surface area contributed by atoms with E-state index in [9.17, 15) is 13.6 Å². The van der Waals surface area contributed by atoms with Crippen molar-refractivity contribution in [2.45, 2.75) is 32.2 Å². The van der Waals surface area contributed by atoms with Crippen molar-refractivity contribution in [1.29, 1.82) is 0 Å². The molecule has 0 aromatic heterocycles. The molecule has 1 aromatic rings. The third-order valence-electron chi connectivity index (χ3n) is 2.60. The number of carbonyl (C=O) groups is 1. The largest absolute Gasteiger partial charge is 0.349 e. The fraction of sp³-hybridized carbons (Fsp3) is 0.462. The molecule has 0 radical (unpaired) electrons. The van der Waals surface area contributed by atoms with Crippen molar-refractivity contribution >= 4 is 17.5 Å². The van der Waals surface area contributed by atoms with Crippen LogP contribution in [0.5, 0.6) is 0 Å². The second-order valence-electron chi connectivity index (χ2n) is 4.07. The summed E-state index contributed by atoms with van der Waals surface area (Å²) in [5.41, 5.74) is -0.108. The Hall–Kier alpha value is -1.16. The van der Waals surface area contributed by atoms with Gasteiger partial charge in [0.1, 0.15) is 11.6 Å². The number of hydrogen-bond donors (Lipinski definition) is 1. The minimum absolute atomic E-state index is 0.108. The highest BCUT2D eigenvalue weighted by Gasteiger charge is 2.17. The van der Waals surface area contributed by atoms with Crippen LogP contribution in [-0.2, 0) is 4.79 Å². The third kappa shape index (κ3) is 4.26. The van der Waals surface area contributed by atoms with Crippen molar-refractivity contribution in [1.82, 2.24) is 5.32 Å². The standard InChI is InChI=1S/C13H16ClF2NO/c1-9(17-12(18)7-2-3-8-14)13-10(15)5-4-6-11(13)16/h4-6,9H,2-3,7-8H2,1H3,(H,17,18). The van der Waals surface area contributed by atoms with Crippen LogP contribution in [0.25, 0.3) is 0 Å². The first-order valence-electron chi connectivity index (χ1n) is 5.85. The van der Waals surface area contributed by atoms with Crippen LogP contribution in [-0.4, -0.2) is 11.8 Å². The number of benzene rings is 1. The number of rotatable bonds is 6. The van der Waals surface area contributed by atoms with Gasteiger partial charge in [0.2, 0.25) is 5.91 Å². The summed E-state index contributed by atoms with van der Waals surface area (Å²) in [5, 5.41) is 2.57. The number of amides is 1. The van der Waals surface area contributed by atoms with E-state index >= 15 is 0 Å². The molecule has 18 heavy (non-hydrogen) atoms. The molecule has 0 saturated heterocycles. The van der Waals surface area contributed by atoms with Crippen molar-refractivity contribution in [3.05, 3.63) is 35.4 Å². The first-order valence-corrected chi connectivity index (χ1v) is 6.39. The predicted molar refractivity (Wildman–Crippen MR) is 67.5 cm³/mol. The van der Waals surface area contributed by atoms with Crippen molar-refractivity contribution in [2.24, 2.45) is 0 Å². The van der Waals surface area contributed by atoms with Gasteiger partial charge in [-0.1, -0.05) is 6.07 Å². The molecule has 0 saturated carbocycles. The number of hydrogen-bond acceptors (Lipinski definition) is 1. The highest BCUT2D eigenvalue weighted by Crippen LogP contribution is 2.20. The average molecular weight is 276 g/mol. The molecule has 0 aliphatic carbocycles. The molecule has 100 valence electrons. The molecule has 0 aliphatic rings. The van der Waals surface area contributed by atoms with E-state index in [1.165, 1.54) is 18.2 Å². The number of alkyl halides is 1. The van der Waals surface area contributed by atoms with Crippen LogP contribution in [0.4, 0.5) is 8.78 Å². The second-order valence-corrected chi connectivity index (χ2v) is 4.45. The summed E-state index contributed by atoms with van der Waals surface area (Å²) in [4.78, 5) is 11.5. The summed E-state index contributed by atoms with van der Waals surface area (Å²) >= 11 is 5.50. The van der Waals surface area contributed by atoms with E-state index in [1.54, 1.807) is 6.92 Å². The molecular formula is C13H16ClF2NO. The van der Waals surface area contributed by atoms with Gasteiger partial charge in [-0.2, -0.15) is 0 Å².